The predicted octanol–water partition coefficient (Wildman–Crippen LogP) is 1.30. The van der Waals surface area contributed by atoms with E-state index >= 15 is 0 Å². The maximum Gasteiger partial charge on any atom is 0.231 e. The summed E-state index contributed by atoms with van der Waals surface area (Å²) in [6.07, 6.45) is 4.83. The second kappa shape index (κ2) is 8.79. The van der Waals surface area contributed by atoms with E-state index in [2.05, 4.69) is 34.1 Å². The van der Waals surface area contributed by atoms with Crippen molar-refractivity contribution in [3.8, 4) is 0 Å². The fraction of sp³-hybridized carbons (Fsp3) is 0.650. The molecule has 1 saturated heterocycles. The highest BCUT2D eigenvalue weighted by molar-refractivity contribution is 5.75. The number of primary amides is 1. The number of nitrogens with zero attached hydrogens (tertiary/aromatic N) is 2. The molecule has 5 heteroatoms. The molecule has 3 rings (SSSR count). The minimum atomic E-state index is -0.255. The number of ether oxygens (including phenoxy) is 1. The van der Waals surface area contributed by atoms with E-state index in [0.29, 0.717) is 25.1 Å². The lowest BCUT2D eigenvalue weighted by atomic mass is 9.95. The Morgan fingerprint density at radius 1 is 1.32 bits per heavy atom. The van der Waals surface area contributed by atoms with Crippen LogP contribution in [-0.2, 0) is 22.4 Å². The van der Waals surface area contributed by atoms with Gasteiger partial charge in [-0.1, -0.05) is 24.3 Å². The van der Waals surface area contributed by atoms with Crippen LogP contribution in [0, 0.1) is 5.92 Å². The van der Waals surface area contributed by atoms with Crippen LogP contribution in [0.1, 0.15) is 24.0 Å². The first-order valence-electron chi connectivity index (χ1n) is 9.46. The van der Waals surface area contributed by atoms with Crippen molar-refractivity contribution >= 4 is 5.91 Å². The molecule has 25 heavy (non-hydrogen) atoms. The lowest BCUT2D eigenvalue weighted by molar-refractivity contribution is -0.119. The molecule has 5 nitrogen and oxygen atoms in total. The minimum absolute atomic E-state index is 0.255. The van der Waals surface area contributed by atoms with Gasteiger partial charge in [-0.25, -0.2) is 0 Å². The standard InChI is InChI=1S/C20H31N3O2/c1-25-10-9-22(15-20(21)24)13-16-5-4-8-23(14-16)19-11-17-6-2-3-7-18(17)12-19/h2-3,6-7,16,19H,4-5,8-15H2,1H3,(H2,21,24)/t16-/m0/s1. The molecule has 2 aliphatic rings. The Labute approximate surface area is 151 Å². The number of hydrogen-bond acceptors (Lipinski definition) is 4. The molecule has 1 aromatic carbocycles. The first-order chi connectivity index (χ1) is 12.2. The van der Waals surface area contributed by atoms with Gasteiger partial charge < -0.3 is 10.5 Å². The number of benzene rings is 1. The monoisotopic (exact) mass is 345 g/mol. The maximum absolute atomic E-state index is 11.3. The van der Waals surface area contributed by atoms with Crippen molar-refractivity contribution < 1.29 is 9.53 Å². The van der Waals surface area contributed by atoms with Gasteiger partial charge in [-0.05, 0) is 49.3 Å². The average Bonchev–Trinajstić information content (AvgIpc) is 3.03. The fourth-order valence-corrected chi connectivity index (χ4v) is 4.41. The van der Waals surface area contributed by atoms with Crippen molar-refractivity contribution in [1.29, 1.82) is 0 Å². The van der Waals surface area contributed by atoms with Gasteiger partial charge in [0, 0.05) is 32.8 Å². The number of rotatable bonds is 8. The molecule has 1 aliphatic carbocycles. The summed E-state index contributed by atoms with van der Waals surface area (Å²) in [5, 5.41) is 0. The molecule has 1 heterocycles. The third-order valence-corrected chi connectivity index (χ3v) is 5.60. The number of nitrogens with two attached hydrogens (primary N) is 1. The second-order valence-electron chi connectivity index (χ2n) is 7.53. The average molecular weight is 345 g/mol. The van der Waals surface area contributed by atoms with Crippen molar-refractivity contribution in [3.05, 3.63) is 35.4 Å². The molecule has 138 valence electrons. The van der Waals surface area contributed by atoms with E-state index in [1.165, 1.54) is 43.4 Å². The zero-order valence-electron chi connectivity index (χ0n) is 15.3. The normalized spacial score (nSPS) is 21.6. The molecule has 1 fully saturated rings. The number of likely N-dealkylation sites (tertiary alicyclic amines) is 1. The highest BCUT2D eigenvalue weighted by atomic mass is 16.5. The van der Waals surface area contributed by atoms with Crippen LogP contribution >= 0.6 is 0 Å². The summed E-state index contributed by atoms with van der Waals surface area (Å²) in [4.78, 5) is 16.2. The van der Waals surface area contributed by atoms with E-state index in [9.17, 15) is 4.79 Å². The number of carbonyl (C=O) groups excluding carboxylic acids is 1. The first-order valence-corrected chi connectivity index (χ1v) is 9.46. The van der Waals surface area contributed by atoms with Gasteiger partial charge >= 0.3 is 0 Å². The highest BCUT2D eigenvalue weighted by Crippen LogP contribution is 2.29. The summed E-state index contributed by atoms with van der Waals surface area (Å²) in [6, 6.07) is 9.49. The number of fused-ring (bicyclic) bond motifs is 1. The Hall–Kier alpha value is -1.43. The molecule has 1 aliphatic heterocycles. The third kappa shape index (κ3) is 5.03. The molecule has 1 amide bonds. The Kier molecular flexibility index (Phi) is 6.45. The van der Waals surface area contributed by atoms with Gasteiger partial charge in [-0.2, -0.15) is 0 Å². The second-order valence-corrected chi connectivity index (χ2v) is 7.53. The molecule has 2 N–H and O–H groups in total. The summed E-state index contributed by atoms with van der Waals surface area (Å²) >= 11 is 0. The van der Waals surface area contributed by atoms with Gasteiger partial charge in [-0.15, -0.1) is 0 Å². The Bertz CT molecular complexity index is 553. The Morgan fingerprint density at radius 2 is 2.04 bits per heavy atom. The van der Waals surface area contributed by atoms with Crippen molar-refractivity contribution in [2.24, 2.45) is 11.7 Å². The van der Waals surface area contributed by atoms with Crippen LogP contribution in [0.25, 0.3) is 0 Å². The van der Waals surface area contributed by atoms with Crippen LogP contribution < -0.4 is 5.73 Å². The summed E-state index contributed by atoms with van der Waals surface area (Å²) < 4.78 is 5.18. The topological polar surface area (TPSA) is 58.8 Å². The number of piperidine rings is 1. The number of carbonyl (C=O) groups is 1. The molecule has 0 bridgehead atoms. The number of methoxy groups -OCH3 is 1. The molecule has 0 aromatic heterocycles. The molecule has 0 saturated carbocycles. The summed E-state index contributed by atoms with van der Waals surface area (Å²) in [5.74, 6) is 0.351. The van der Waals surface area contributed by atoms with Crippen molar-refractivity contribution in [3.63, 3.8) is 0 Å². The fourth-order valence-electron chi connectivity index (χ4n) is 4.41. The Balaban J connectivity index is 1.54. The third-order valence-electron chi connectivity index (χ3n) is 5.60. The lowest BCUT2D eigenvalue weighted by Gasteiger charge is -2.38. The summed E-state index contributed by atoms with van der Waals surface area (Å²) in [6.45, 7) is 4.99. The van der Waals surface area contributed by atoms with E-state index in [0.717, 1.165) is 19.6 Å². The van der Waals surface area contributed by atoms with Gasteiger partial charge in [0.1, 0.15) is 0 Å². The van der Waals surface area contributed by atoms with Gasteiger partial charge in [0.05, 0.1) is 13.2 Å². The van der Waals surface area contributed by atoms with Crippen molar-refractivity contribution in [2.75, 3.05) is 46.4 Å². The molecule has 0 unspecified atom stereocenters. The van der Waals surface area contributed by atoms with E-state index in [-0.39, 0.29) is 5.91 Å². The van der Waals surface area contributed by atoms with Gasteiger partial charge in [-0.3, -0.25) is 14.6 Å². The van der Waals surface area contributed by atoms with E-state index in [1.54, 1.807) is 7.11 Å². The quantitative estimate of drug-likeness (QED) is 0.772. The van der Waals surface area contributed by atoms with E-state index in [4.69, 9.17) is 10.5 Å². The van der Waals surface area contributed by atoms with Gasteiger partial charge in [0.2, 0.25) is 5.91 Å². The number of hydrogen-bond donors (Lipinski definition) is 1. The summed E-state index contributed by atoms with van der Waals surface area (Å²) in [5.41, 5.74) is 8.45. The molecule has 1 atom stereocenters. The minimum Gasteiger partial charge on any atom is -0.383 e. The molecule has 0 radical (unpaired) electrons. The number of amides is 1. The zero-order valence-corrected chi connectivity index (χ0v) is 15.3. The summed E-state index contributed by atoms with van der Waals surface area (Å²) in [7, 11) is 1.70. The SMILES string of the molecule is COCCN(CC(N)=O)C[C@@H]1CCCN(C2Cc3ccccc3C2)C1. The van der Waals surface area contributed by atoms with Crippen molar-refractivity contribution in [1.82, 2.24) is 9.80 Å². The molecule has 0 spiro atoms. The zero-order chi connectivity index (χ0) is 17.6. The van der Waals surface area contributed by atoms with Crippen LogP contribution in [0.4, 0.5) is 0 Å². The smallest absolute Gasteiger partial charge is 0.231 e. The van der Waals surface area contributed by atoms with Crippen LogP contribution in [0.15, 0.2) is 24.3 Å². The Morgan fingerprint density at radius 3 is 2.68 bits per heavy atom. The highest BCUT2D eigenvalue weighted by Gasteiger charge is 2.31. The first kappa shape index (κ1) is 18.4. The van der Waals surface area contributed by atoms with Crippen LogP contribution in [0.3, 0.4) is 0 Å². The van der Waals surface area contributed by atoms with Gasteiger partial charge in [0.25, 0.3) is 0 Å². The van der Waals surface area contributed by atoms with Crippen molar-refractivity contribution in [2.45, 2.75) is 31.7 Å². The van der Waals surface area contributed by atoms with Crippen LogP contribution in [-0.4, -0.2) is 68.2 Å². The van der Waals surface area contributed by atoms with Gasteiger partial charge in [0.15, 0.2) is 0 Å². The van der Waals surface area contributed by atoms with E-state index < -0.39 is 0 Å². The molecular weight excluding hydrogens is 314 g/mol. The van der Waals surface area contributed by atoms with Crippen LogP contribution in [0.2, 0.25) is 0 Å². The van der Waals surface area contributed by atoms with Crippen LogP contribution in [0.5, 0.6) is 0 Å². The lowest BCUT2D eigenvalue weighted by Crippen LogP contribution is -2.47. The largest absolute Gasteiger partial charge is 0.383 e. The predicted molar refractivity (Wildman–Crippen MR) is 99.4 cm³/mol. The molecular formula is C20H31N3O2. The molecule has 1 aromatic rings. The maximum atomic E-state index is 11.3. The van der Waals surface area contributed by atoms with E-state index in [1.807, 2.05) is 0 Å².